The van der Waals surface area contributed by atoms with Crippen LogP contribution in [0.2, 0.25) is 0 Å². The summed E-state index contributed by atoms with van der Waals surface area (Å²) < 4.78 is 7.28. The van der Waals surface area contributed by atoms with E-state index in [-0.39, 0.29) is 0 Å². The van der Waals surface area contributed by atoms with Crippen LogP contribution in [0.5, 0.6) is 5.75 Å². The van der Waals surface area contributed by atoms with E-state index >= 15 is 0 Å². The van der Waals surface area contributed by atoms with Crippen molar-refractivity contribution in [2.24, 2.45) is 0 Å². The number of hydrogen-bond acceptors (Lipinski definition) is 3. The highest BCUT2D eigenvalue weighted by Crippen LogP contribution is 2.12. The summed E-state index contributed by atoms with van der Waals surface area (Å²) in [5, 5.41) is 7.80. The van der Waals surface area contributed by atoms with Crippen LogP contribution in [0.3, 0.4) is 0 Å². The lowest BCUT2D eigenvalue weighted by atomic mass is 10.1. The fourth-order valence-electron chi connectivity index (χ4n) is 2.22. The van der Waals surface area contributed by atoms with Gasteiger partial charge in [0.1, 0.15) is 5.75 Å². The molecule has 0 bridgehead atoms. The minimum Gasteiger partial charge on any atom is -0.497 e. The van der Waals surface area contributed by atoms with Crippen molar-refractivity contribution in [2.45, 2.75) is 32.9 Å². The Labute approximate surface area is 120 Å². The zero-order valence-electron chi connectivity index (χ0n) is 12.5. The van der Waals surface area contributed by atoms with Gasteiger partial charge in [0, 0.05) is 18.8 Å². The zero-order valence-corrected chi connectivity index (χ0v) is 12.5. The van der Waals surface area contributed by atoms with Crippen LogP contribution in [-0.2, 0) is 13.0 Å². The summed E-state index contributed by atoms with van der Waals surface area (Å²) in [7, 11) is 1.70. The molecule has 1 heterocycles. The lowest BCUT2D eigenvalue weighted by Crippen LogP contribution is -2.20. The van der Waals surface area contributed by atoms with Crippen molar-refractivity contribution in [1.29, 1.82) is 0 Å². The maximum Gasteiger partial charge on any atom is 0.119 e. The fourth-order valence-corrected chi connectivity index (χ4v) is 2.22. The monoisotopic (exact) mass is 273 g/mol. The third-order valence-corrected chi connectivity index (χ3v) is 3.27. The van der Waals surface area contributed by atoms with Crippen LogP contribution in [0.1, 0.15) is 31.1 Å². The predicted octanol–water partition coefficient (Wildman–Crippen LogP) is 2.80. The third-order valence-electron chi connectivity index (χ3n) is 3.27. The van der Waals surface area contributed by atoms with Crippen LogP contribution in [0.25, 0.3) is 0 Å². The first-order chi connectivity index (χ1) is 9.70. The molecule has 1 N–H and O–H groups in total. The van der Waals surface area contributed by atoms with Gasteiger partial charge in [-0.25, -0.2) is 0 Å². The molecule has 0 atom stereocenters. The van der Waals surface area contributed by atoms with Crippen LogP contribution < -0.4 is 10.1 Å². The van der Waals surface area contributed by atoms with Gasteiger partial charge in [-0.15, -0.1) is 0 Å². The first-order valence-electron chi connectivity index (χ1n) is 7.06. The minimum atomic E-state index is 0.403. The van der Waals surface area contributed by atoms with E-state index in [1.54, 1.807) is 7.11 Å². The number of methoxy groups -OCH3 is 1. The molecule has 108 valence electrons. The maximum absolute atomic E-state index is 5.23. The smallest absolute Gasteiger partial charge is 0.119 e. The lowest BCUT2D eigenvalue weighted by Gasteiger charge is -2.11. The van der Waals surface area contributed by atoms with Crippen LogP contribution >= 0.6 is 0 Å². The topological polar surface area (TPSA) is 39.1 Å². The van der Waals surface area contributed by atoms with Crippen LogP contribution in [0.4, 0.5) is 0 Å². The molecular formula is C16H23N3O. The highest BCUT2D eigenvalue weighted by atomic mass is 16.5. The summed E-state index contributed by atoms with van der Waals surface area (Å²) in [5.74, 6) is 0.917. The SMILES string of the molecule is COc1cccc(CCNCc2ccnn2C(C)C)c1. The molecule has 0 saturated carbocycles. The fraction of sp³-hybridized carbons (Fsp3) is 0.438. The number of ether oxygens (including phenoxy) is 1. The standard InChI is InChI=1S/C16H23N3O/c1-13(2)19-15(8-10-18-19)12-17-9-7-14-5-4-6-16(11-14)20-3/h4-6,8,10-11,13,17H,7,9,12H2,1-3H3. The molecule has 0 fully saturated rings. The Morgan fingerprint density at radius 2 is 2.15 bits per heavy atom. The van der Waals surface area contributed by atoms with Crippen LogP contribution in [0.15, 0.2) is 36.5 Å². The van der Waals surface area contributed by atoms with Gasteiger partial charge in [0.05, 0.1) is 12.8 Å². The highest BCUT2D eigenvalue weighted by molar-refractivity contribution is 5.28. The Bertz CT molecular complexity index is 534. The summed E-state index contributed by atoms with van der Waals surface area (Å²) in [5.41, 5.74) is 2.51. The normalized spacial score (nSPS) is 11.0. The molecule has 1 aromatic carbocycles. The molecule has 4 nitrogen and oxygen atoms in total. The molecule has 0 aliphatic heterocycles. The Morgan fingerprint density at radius 1 is 1.30 bits per heavy atom. The number of nitrogens with one attached hydrogen (secondary N) is 1. The Kier molecular flexibility index (Phi) is 5.18. The van der Waals surface area contributed by atoms with Crippen molar-refractivity contribution in [3.05, 3.63) is 47.8 Å². The summed E-state index contributed by atoms with van der Waals surface area (Å²) in [4.78, 5) is 0. The van der Waals surface area contributed by atoms with Crippen molar-refractivity contribution < 1.29 is 4.74 Å². The Balaban J connectivity index is 1.80. The summed E-state index contributed by atoms with van der Waals surface area (Å²) in [6.07, 6.45) is 2.85. The molecule has 0 spiro atoms. The second kappa shape index (κ2) is 7.10. The number of nitrogens with zero attached hydrogens (tertiary/aromatic N) is 2. The van der Waals surface area contributed by atoms with Crippen molar-refractivity contribution >= 4 is 0 Å². The van der Waals surface area contributed by atoms with E-state index in [1.807, 2.05) is 18.3 Å². The van der Waals surface area contributed by atoms with Gasteiger partial charge in [-0.1, -0.05) is 12.1 Å². The van der Waals surface area contributed by atoms with Gasteiger partial charge in [0.25, 0.3) is 0 Å². The Hall–Kier alpha value is -1.81. The first kappa shape index (κ1) is 14.6. The molecule has 2 aromatic rings. The van der Waals surface area contributed by atoms with E-state index in [0.29, 0.717) is 6.04 Å². The molecule has 0 aliphatic rings. The van der Waals surface area contributed by atoms with Gasteiger partial charge in [-0.2, -0.15) is 5.10 Å². The molecular weight excluding hydrogens is 250 g/mol. The second-order valence-electron chi connectivity index (χ2n) is 5.14. The van der Waals surface area contributed by atoms with Crippen molar-refractivity contribution in [3.8, 4) is 5.75 Å². The van der Waals surface area contributed by atoms with Gasteiger partial charge >= 0.3 is 0 Å². The van der Waals surface area contributed by atoms with Gasteiger partial charge in [-0.3, -0.25) is 4.68 Å². The quantitative estimate of drug-likeness (QED) is 0.788. The van der Waals surface area contributed by atoms with E-state index < -0.39 is 0 Å². The molecule has 1 aromatic heterocycles. The van der Waals surface area contributed by atoms with E-state index in [1.165, 1.54) is 11.3 Å². The molecule has 4 heteroatoms. The van der Waals surface area contributed by atoms with Crippen molar-refractivity contribution in [3.63, 3.8) is 0 Å². The molecule has 2 rings (SSSR count). The van der Waals surface area contributed by atoms with Crippen LogP contribution in [-0.4, -0.2) is 23.4 Å². The summed E-state index contributed by atoms with van der Waals surface area (Å²) in [6.45, 7) is 6.08. The average molecular weight is 273 g/mol. The molecule has 0 saturated heterocycles. The largest absolute Gasteiger partial charge is 0.497 e. The van der Waals surface area contributed by atoms with Crippen molar-refractivity contribution in [1.82, 2.24) is 15.1 Å². The lowest BCUT2D eigenvalue weighted by molar-refractivity contribution is 0.414. The molecule has 0 aliphatic carbocycles. The first-order valence-corrected chi connectivity index (χ1v) is 7.06. The minimum absolute atomic E-state index is 0.403. The van der Waals surface area contributed by atoms with Crippen molar-refractivity contribution in [2.75, 3.05) is 13.7 Å². The summed E-state index contributed by atoms with van der Waals surface area (Å²) in [6, 6.07) is 10.7. The molecule has 0 amide bonds. The van der Waals surface area contributed by atoms with Gasteiger partial charge in [-0.05, 0) is 50.6 Å². The van der Waals surface area contributed by atoms with Gasteiger partial charge < -0.3 is 10.1 Å². The number of aromatic nitrogens is 2. The van der Waals surface area contributed by atoms with Crippen LogP contribution in [0, 0.1) is 0 Å². The van der Waals surface area contributed by atoms with E-state index in [2.05, 4.69) is 47.1 Å². The number of benzene rings is 1. The molecule has 0 radical (unpaired) electrons. The van der Waals surface area contributed by atoms with E-state index in [9.17, 15) is 0 Å². The highest BCUT2D eigenvalue weighted by Gasteiger charge is 2.04. The third kappa shape index (κ3) is 3.84. The van der Waals surface area contributed by atoms with E-state index in [0.717, 1.165) is 25.3 Å². The van der Waals surface area contributed by atoms with Gasteiger partial charge in [0.2, 0.25) is 0 Å². The van der Waals surface area contributed by atoms with Gasteiger partial charge in [0.15, 0.2) is 0 Å². The molecule has 20 heavy (non-hydrogen) atoms. The molecule has 0 unspecified atom stereocenters. The number of rotatable bonds is 7. The predicted molar refractivity (Wildman–Crippen MR) is 81.0 cm³/mol. The second-order valence-corrected chi connectivity index (χ2v) is 5.14. The summed E-state index contributed by atoms with van der Waals surface area (Å²) >= 11 is 0. The maximum atomic E-state index is 5.23. The average Bonchev–Trinajstić information content (AvgIpc) is 2.92. The number of hydrogen-bond donors (Lipinski definition) is 1. The zero-order chi connectivity index (χ0) is 14.4. The van der Waals surface area contributed by atoms with E-state index in [4.69, 9.17) is 4.74 Å². The Morgan fingerprint density at radius 3 is 2.90 bits per heavy atom.